The number of benzene rings is 2. The van der Waals surface area contributed by atoms with Gasteiger partial charge in [-0.2, -0.15) is 0 Å². The lowest BCUT2D eigenvalue weighted by Crippen LogP contribution is -2.24. The summed E-state index contributed by atoms with van der Waals surface area (Å²) in [6.45, 7) is 5.07. The van der Waals surface area contributed by atoms with E-state index in [9.17, 15) is 24.0 Å². The molecule has 2 aromatic rings. The van der Waals surface area contributed by atoms with Crippen LogP contribution in [-0.2, 0) is 14.4 Å². The summed E-state index contributed by atoms with van der Waals surface area (Å²) >= 11 is 0. The number of carbonyl (C=O) groups is 5. The van der Waals surface area contributed by atoms with E-state index in [2.05, 4.69) is 0 Å². The summed E-state index contributed by atoms with van der Waals surface area (Å²) in [5.41, 5.74) is -0.0209. The fraction of sp³-hybridized carbons (Fsp3) is 0.227. The van der Waals surface area contributed by atoms with Gasteiger partial charge in [0.05, 0.1) is 18.2 Å². The number of esters is 3. The van der Waals surface area contributed by atoms with E-state index in [0.717, 1.165) is 13.8 Å². The van der Waals surface area contributed by atoms with Crippen LogP contribution in [0.2, 0.25) is 0 Å². The van der Waals surface area contributed by atoms with Crippen LogP contribution < -0.4 is 18.9 Å². The smallest absolute Gasteiger partial charge is 0.308 e. The third-order valence-corrected chi connectivity index (χ3v) is 4.41. The zero-order valence-electron chi connectivity index (χ0n) is 17.4. The Kier molecular flexibility index (Phi) is 5.61. The minimum atomic E-state index is -0.746. The summed E-state index contributed by atoms with van der Waals surface area (Å²) in [5.74, 6) is -3.70. The molecule has 160 valence electrons. The highest BCUT2D eigenvalue weighted by Gasteiger charge is 2.38. The maximum Gasteiger partial charge on any atom is 0.308 e. The summed E-state index contributed by atoms with van der Waals surface area (Å²) < 4.78 is 20.7. The topological polar surface area (TPSA) is 122 Å². The van der Waals surface area contributed by atoms with E-state index < -0.39 is 29.5 Å². The molecule has 1 aliphatic carbocycles. The van der Waals surface area contributed by atoms with Crippen molar-refractivity contribution in [3.05, 3.63) is 46.0 Å². The maximum atomic E-state index is 13.4. The van der Waals surface area contributed by atoms with Crippen molar-refractivity contribution in [3.63, 3.8) is 0 Å². The van der Waals surface area contributed by atoms with Crippen LogP contribution >= 0.6 is 0 Å². The second-order valence-electron chi connectivity index (χ2n) is 6.76. The van der Waals surface area contributed by atoms with Crippen LogP contribution in [0.4, 0.5) is 0 Å². The van der Waals surface area contributed by atoms with Crippen molar-refractivity contribution in [1.29, 1.82) is 0 Å². The molecule has 0 heterocycles. The quantitative estimate of drug-likeness (QED) is 0.457. The molecule has 2 aromatic carbocycles. The van der Waals surface area contributed by atoms with Gasteiger partial charge in [0.15, 0.2) is 17.3 Å². The number of methoxy groups -OCH3 is 1. The number of aryl methyl sites for hydroxylation is 1. The molecule has 0 saturated heterocycles. The molecular formula is C22H18O9. The first-order valence-electron chi connectivity index (χ1n) is 9.09. The Morgan fingerprint density at radius 2 is 1.29 bits per heavy atom. The first-order chi connectivity index (χ1) is 14.5. The lowest BCUT2D eigenvalue weighted by Gasteiger charge is -2.24. The van der Waals surface area contributed by atoms with Crippen LogP contribution in [0.15, 0.2) is 18.2 Å². The van der Waals surface area contributed by atoms with E-state index in [1.165, 1.54) is 32.2 Å². The molecule has 0 aliphatic heterocycles. The molecule has 9 nitrogen and oxygen atoms in total. The van der Waals surface area contributed by atoms with Crippen LogP contribution in [0.5, 0.6) is 23.0 Å². The summed E-state index contributed by atoms with van der Waals surface area (Å²) in [6.07, 6.45) is 0. The molecule has 9 heteroatoms. The molecule has 0 radical (unpaired) electrons. The van der Waals surface area contributed by atoms with Gasteiger partial charge in [-0.3, -0.25) is 24.0 Å². The Labute approximate surface area is 176 Å². The highest BCUT2D eigenvalue weighted by Crippen LogP contribution is 2.44. The van der Waals surface area contributed by atoms with Crippen LogP contribution in [0.25, 0.3) is 0 Å². The number of carbonyl (C=O) groups excluding carboxylic acids is 5. The zero-order chi connectivity index (χ0) is 23.0. The molecule has 0 N–H and O–H groups in total. The molecule has 0 fully saturated rings. The van der Waals surface area contributed by atoms with Gasteiger partial charge in [-0.05, 0) is 24.6 Å². The largest absolute Gasteiger partial charge is 0.492 e. The first-order valence-corrected chi connectivity index (χ1v) is 9.09. The number of fused-ring (bicyclic) bond motifs is 2. The van der Waals surface area contributed by atoms with Crippen LogP contribution in [0, 0.1) is 6.92 Å². The zero-order valence-corrected chi connectivity index (χ0v) is 17.4. The lowest BCUT2D eigenvalue weighted by molar-refractivity contribution is -0.133. The predicted octanol–water partition coefficient (Wildman–Crippen LogP) is 2.55. The van der Waals surface area contributed by atoms with Crippen molar-refractivity contribution in [1.82, 2.24) is 0 Å². The molecule has 0 unspecified atom stereocenters. The van der Waals surface area contributed by atoms with Gasteiger partial charge in [-0.25, -0.2) is 0 Å². The summed E-state index contributed by atoms with van der Waals surface area (Å²) in [5, 5.41) is 0. The van der Waals surface area contributed by atoms with Gasteiger partial charge in [-0.15, -0.1) is 0 Å². The van der Waals surface area contributed by atoms with Crippen LogP contribution in [0.3, 0.4) is 0 Å². The highest BCUT2D eigenvalue weighted by molar-refractivity contribution is 6.31. The third-order valence-electron chi connectivity index (χ3n) is 4.41. The molecule has 3 rings (SSSR count). The molecule has 0 spiro atoms. The van der Waals surface area contributed by atoms with E-state index in [1.807, 2.05) is 0 Å². The van der Waals surface area contributed by atoms with Gasteiger partial charge in [0.2, 0.25) is 5.78 Å². The Hall–Kier alpha value is -4.01. The molecule has 0 amide bonds. The van der Waals surface area contributed by atoms with Crippen molar-refractivity contribution < 1.29 is 42.9 Å². The van der Waals surface area contributed by atoms with Crippen molar-refractivity contribution in [2.24, 2.45) is 0 Å². The molecule has 0 atom stereocenters. The Balaban J connectivity index is 2.33. The van der Waals surface area contributed by atoms with Gasteiger partial charge >= 0.3 is 17.9 Å². The molecular weight excluding hydrogens is 408 g/mol. The van der Waals surface area contributed by atoms with Crippen molar-refractivity contribution in [3.8, 4) is 23.0 Å². The summed E-state index contributed by atoms with van der Waals surface area (Å²) in [7, 11) is 1.27. The second kappa shape index (κ2) is 8.02. The number of ketones is 2. The van der Waals surface area contributed by atoms with E-state index in [1.54, 1.807) is 6.92 Å². The van der Waals surface area contributed by atoms with E-state index in [-0.39, 0.29) is 45.3 Å². The predicted molar refractivity (Wildman–Crippen MR) is 105 cm³/mol. The SMILES string of the molecule is COc1c(OC(C)=O)c(C)cc2c1C(=O)c1c(OC(C)=O)cc(OC(C)=O)cc1C2=O. The van der Waals surface area contributed by atoms with Crippen LogP contribution in [-0.4, -0.2) is 36.6 Å². The monoisotopic (exact) mass is 426 g/mol. The van der Waals surface area contributed by atoms with E-state index in [4.69, 9.17) is 18.9 Å². The van der Waals surface area contributed by atoms with E-state index in [0.29, 0.717) is 5.56 Å². The Morgan fingerprint density at radius 3 is 1.84 bits per heavy atom. The number of ether oxygens (including phenoxy) is 4. The van der Waals surface area contributed by atoms with Gasteiger partial charge in [-0.1, -0.05) is 0 Å². The third kappa shape index (κ3) is 3.89. The lowest BCUT2D eigenvalue weighted by atomic mass is 9.82. The first kappa shape index (κ1) is 21.7. The summed E-state index contributed by atoms with van der Waals surface area (Å²) in [4.78, 5) is 61.2. The Morgan fingerprint density at radius 1 is 0.710 bits per heavy atom. The average molecular weight is 426 g/mol. The van der Waals surface area contributed by atoms with Gasteiger partial charge in [0.1, 0.15) is 11.5 Å². The average Bonchev–Trinajstić information content (AvgIpc) is 2.65. The number of rotatable bonds is 4. The van der Waals surface area contributed by atoms with Gasteiger partial charge in [0, 0.05) is 38.0 Å². The number of hydrogen-bond acceptors (Lipinski definition) is 9. The fourth-order valence-electron chi connectivity index (χ4n) is 3.37. The second-order valence-corrected chi connectivity index (χ2v) is 6.76. The fourth-order valence-corrected chi connectivity index (χ4v) is 3.37. The normalized spacial score (nSPS) is 11.9. The maximum absolute atomic E-state index is 13.4. The van der Waals surface area contributed by atoms with Crippen molar-refractivity contribution >= 4 is 29.5 Å². The molecule has 31 heavy (non-hydrogen) atoms. The molecule has 1 aliphatic rings. The summed E-state index contributed by atoms with van der Waals surface area (Å²) in [6, 6.07) is 3.81. The van der Waals surface area contributed by atoms with E-state index >= 15 is 0 Å². The number of hydrogen-bond donors (Lipinski definition) is 0. The standard InChI is InChI=1S/C22H18O9/c1-9-6-14-18(22(28-5)21(9)31-12(4)25)20(27)17-15(19(14)26)7-13(29-10(2)23)8-16(17)30-11(3)24/h6-8H,1-5H3. The molecule has 0 aromatic heterocycles. The minimum Gasteiger partial charge on any atom is -0.492 e. The molecule has 0 bridgehead atoms. The highest BCUT2D eigenvalue weighted by atomic mass is 16.6. The van der Waals surface area contributed by atoms with Crippen LogP contribution in [0.1, 0.15) is 58.2 Å². The van der Waals surface area contributed by atoms with Crippen molar-refractivity contribution in [2.75, 3.05) is 7.11 Å². The van der Waals surface area contributed by atoms with Gasteiger partial charge in [0.25, 0.3) is 0 Å². The molecule has 0 saturated carbocycles. The van der Waals surface area contributed by atoms with Gasteiger partial charge < -0.3 is 18.9 Å². The minimum absolute atomic E-state index is 0.00363. The van der Waals surface area contributed by atoms with Crippen molar-refractivity contribution in [2.45, 2.75) is 27.7 Å². The Bertz CT molecular complexity index is 1170.